The standard InChI is InChI=1S/C21H25N5O/c1-25(20-8-7-18(13-22)14-23-20)16-21(27)24-19-9-11-26(12-10-19)15-17-5-3-2-4-6-17/h2-8,14,19H,9-12,15-16H2,1H3,(H,24,27). The molecule has 3 rings (SSSR count). The van der Waals surface area contributed by atoms with Crippen LogP contribution in [0.5, 0.6) is 0 Å². The number of benzene rings is 1. The van der Waals surface area contributed by atoms with E-state index in [1.807, 2.05) is 19.2 Å². The third-order valence-electron chi connectivity index (χ3n) is 4.85. The minimum atomic E-state index is 0.00479. The van der Waals surface area contributed by atoms with Crippen LogP contribution in [-0.4, -0.2) is 48.5 Å². The summed E-state index contributed by atoms with van der Waals surface area (Å²) in [5.74, 6) is 0.687. The van der Waals surface area contributed by atoms with Gasteiger partial charge in [0.25, 0.3) is 0 Å². The first kappa shape index (κ1) is 18.9. The van der Waals surface area contributed by atoms with E-state index in [0.29, 0.717) is 11.4 Å². The second kappa shape index (κ2) is 9.15. The molecule has 1 aromatic carbocycles. The SMILES string of the molecule is CN(CC(=O)NC1CCN(Cc2ccccc2)CC1)c1ccc(C#N)cn1. The maximum Gasteiger partial charge on any atom is 0.239 e. The van der Waals surface area contributed by atoms with Gasteiger partial charge in [-0.1, -0.05) is 30.3 Å². The second-order valence-electron chi connectivity index (χ2n) is 6.98. The molecule has 1 aliphatic heterocycles. The Morgan fingerprint density at radius 3 is 2.63 bits per heavy atom. The molecular formula is C21H25N5O. The topological polar surface area (TPSA) is 72.3 Å². The van der Waals surface area contributed by atoms with Crippen molar-refractivity contribution in [1.82, 2.24) is 15.2 Å². The number of nitriles is 1. The average Bonchev–Trinajstić information content (AvgIpc) is 2.70. The number of piperidine rings is 1. The lowest BCUT2D eigenvalue weighted by atomic mass is 10.0. The molecule has 6 nitrogen and oxygen atoms in total. The number of likely N-dealkylation sites (N-methyl/N-ethyl adjacent to an activating group) is 1. The Morgan fingerprint density at radius 2 is 2.00 bits per heavy atom. The van der Waals surface area contributed by atoms with E-state index in [1.54, 1.807) is 17.0 Å². The summed E-state index contributed by atoms with van der Waals surface area (Å²) >= 11 is 0. The Kier molecular flexibility index (Phi) is 6.39. The van der Waals surface area contributed by atoms with Gasteiger partial charge in [0.1, 0.15) is 11.9 Å². The largest absolute Gasteiger partial charge is 0.352 e. The summed E-state index contributed by atoms with van der Waals surface area (Å²) in [6.07, 6.45) is 3.46. The maximum atomic E-state index is 12.3. The van der Waals surface area contributed by atoms with E-state index in [4.69, 9.17) is 5.26 Å². The van der Waals surface area contributed by atoms with Crippen molar-refractivity contribution in [3.63, 3.8) is 0 Å². The predicted octanol–water partition coefficient (Wildman–Crippen LogP) is 2.17. The third kappa shape index (κ3) is 5.53. The zero-order chi connectivity index (χ0) is 19.1. The highest BCUT2D eigenvalue weighted by molar-refractivity contribution is 5.81. The summed E-state index contributed by atoms with van der Waals surface area (Å²) in [7, 11) is 1.83. The number of likely N-dealkylation sites (tertiary alicyclic amines) is 1. The van der Waals surface area contributed by atoms with Gasteiger partial charge in [-0.2, -0.15) is 5.26 Å². The van der Waals surface area contributed by atoms with E-state index in [0.717, 1.165) is 32.5 Å². The van der Waals surface area contributed by atoms with Crippen LogP contribution in [0.25, 0.3) is 0 Å². The molecule has 2 aromatic rings. The number of carbonyl (C=O) groups excluding carboxylic acids is 1. The quantitative estimate of drug-likeness (QED) is 0.852. The van der Waals surface area contributed by atoms with Crippen molar-refractivity contribution in [2.45, 2.75) is 25.4 Å². The molecular weight excluding hydrogens is 338 g/mol. The Balaban J connectivity index is 1.41. The summed E-state index contributed by atoms with van der Waals surface area (Å²) < 4.78 is 0. The van der Waals surface area contributed by atoms with Crippen LogP contribution in [-0.2, 0) is 11.3 Å². The molecule has 140 valence electrons. The molecule has 0 saturated carbocycles. The number of pyridine rings is 1. The number of aromatic nitrogens is 1. The number of nitrogens with zero attached hydrogens (tertiary/aromatic N) is 4. The highest BCUT2D eigenvalue weighted by Crippen LogP contribution is 2.14. The monoisotopic (exact) mass is 363 g/mol. The van der Waals surface area contributed by atoms with Crippen molar-refractivity contribution in [2.75, 3.05) is 31.6 Å². The number of hydrogen-bond acceptors (Lipinski definition) is 5. The van der Waals surface area contributed by atoms with Gasteiger partial charge in [-0.15, -0.1) is 0 Å². The summed E-state index contributed by atoms with van der Waals surface area (Å²) in [5.41, 5.74) is 1.84. The molecule has 0 radical (unpaired) electrons. The molecule has 27 heavy (non-hydrogen) atoms. The lowest BCUT2D eigenvalue weighted by Crippen LogP contribution is -2.47. The number of anilines is 1. The van der Waals surface area contributed by atoms with Crippen molar-refractivity contribution in [3.8, 4) is 6.07 Å². The van der Waals surface area contributed by atoms with Crippen LogP contribution in [0.3, 0.4) is 0 Å². The lowest BCUT2D eigenvalue weighted by Gasteiger charge is -2.32. The third-order valence-corrected chi connectivity index (χ3v) is 4.85. The molecule has 0 spiro atoms. The number of amides is 1. The van der Waals surface area contributed by atoms with Gasteiger partial charge in [0.15, 0.2) is 0 Å². The van der Waals surface area contributed by atoms with Gasteiger partial charge in [0, 0.05) is 38.9 Å². The van der Waals surface area contributed by atoms with Crippen LogP contribution < -0.4 is 10.2 Å². The first-order valence-electron chi connectivity index (χ1n) is 9.27. The van der Waals surface area contributed by atoms with Gasteiger partial charge in [-0.25, -0.2) is 4.98 Å². The Hall–Kier alpha value is -2.91. The normalized spacial score (nSPS) is 15.1. The Labute approximate surface area is 160 Å². The number of rotatable bonds is 6. The highest BCUT2D eigenvalue weighted by Gasteiger charge is 2.21. The summed E-state index contributed by atoms with van der Waals surface area (Å²) in [5, 5.41) is 12.0. The van der Waals surface area contributed by atoms with E-state index in [9.17, 15) is 4.79 Å². The van der Waals surface area contributed by atoms with Gasteiger partial charge >= 0.3 is 0 Å². The number of hydrogen-bond donors (Lipinski definition) is 1. The van der Waals surface area contributed by atoms with Crippen molar-refractivity contribution >= 4 is 11.7 Å². The molecule has 1 aromatic heterocycles. The Morgan fingerprint density at radius 1 is 1.26 bits per heavy atom. The van der Waals surface area contributed by atoms with E-state index >= 15 is 0 Å². The fourth-order valence-electron chi connectivity index (χ4n) is 3.32. The van der Waals surface area contributed by atoms with Crippen molar-refractivity contribution in [2.24, 2.45) is 0 Å². The fraction of sp³-hybridized carbons (Fsp3) is 0.381. The van der Waals surface area contributed by atoms with Crippen LogP contribution in [0.2, 0.25) is 0 Å². The highest BCUT2D eigenvalue weighted by atomic mass is 16.2. The van der Waals surface area contributed by atoms with Crippen LogP contribution in [0.4, 0.5) is 5.82 Å². The average molecular weight is 363 g/mol. The van der Waals surface area contributed by atoms with Crippen LogP contribution in [0.15, 0.2) is 48.7 Å². The first-order valence-corrected chi connectivity index (χ1v) is 9.27. The molecule has 1 fully saturated rings. The predicted molar refractivity (Wildman–Crippen MR) is 105 cm³/mol. The summed E-state index contributed by atoms with van der Waals surface area (Å²) in [6, 6.07) is 16.2. The zero-order valence-corrected chi connectivity index (χ0v) is 15.6. The second-order valence-corrected chi connectivity index (χ2v) is 6.98. The van der Waals surface area contributed by atoms with E-state index < -0.39 is 0 Å². The number of carbonyl (C=O) groups is 1. The molecule has 1 N–H and O–H groups in total. The summed E-state index contributed by atoms with van der Waals surface area (Å²) in [6.45, 7) is 3.21. The number of nitrogens with one attached hydrogen (secondary N) is 1. The van der Waals surface area contributed by atoms with Crippen LogP contribution >= 0.6 is 0 Å². The van der Waals surface area contributed by atoms with Gasteiger partial charge in [-0.05, 0) is 30.5 Å². The Bertz CT molecular complexity index is 776. The van der Waals surface area contributed by atoms with E-state index in [1.165, 1.54) is 11.8 Å². The van der Waals surface area contributed by atoms with Gasteiger partial charge in [0.05, 0.1) is 12.1 Å². The van der Waals surface area contributed by atoms with Crippen molar-refractivity contribution in [3.05, 3.63) is 59.8 Å². The first-order chi connectivity index (χ1) is 13.1. The van der Waals surface area contributed by atoms with Crippen molar-refractivity contribution in [1.29, 1.82) is 5.26 Å². The van der Waals surface area contributed by atoms with Crippen molar-refractivity contribution < 1.29 is 4.79 Å². The minimum absolute atomic E-state index is 0.00479. The zero-order valence-electron chi connectivity index (χ0n) is 15.6. The van der Waals surface area contributed by atoms with Crippen LogP contribution in [0, 0.1) is 11.3 Å². The molecule has 1 saturated heterocycles. The molecule has 2 heterocycles. The fourth-order valence-corrected chi connectivity index (χ4v) is 3.32. The molecule has 0 bridgehead atoms. The van der Waals surface area contributed by atoms with Gasteiger partial charge in [0.2, 0.25) is 5.91 Å². The molecule has 1 amide bonds. The lowest BCUT2D eigenvalue weighted by molar-refractivity contribution is -0.120. The van der Waals surface area contributed by atoms with E-state index in [-0.39, 0.29) is 18.5 Å². The smallest absolute Gasteiger partial charge is 0.239 e. The van der Waals surface area contributed by atoms with E-state index in [2.05, 4.69) is 39.5 Å². The molecule has 0 unspecified atom stereocenters. The van der Waals surface area contributed by atoms with Crippen LogP contribution in [0.1, 0.15) is 24.0 Å². The molecule has 0 atom stereocenters. The molecule has 6 heteroatoms. The van der Waals surface area contributed by atoms with Gasteiger partial charge in [-0.3, -0.25) is 9.69 Å². The molecule has 1 aliphatic rings. The summed E-state index contributed by atoms with van der Waals surface area (Å²) in [4.78, 5) is 20.8. The molecule has 0 aliphatic carbocycles. The maximum absolute atomic E-state index is 12.3. The van der Waals surface area contributed by atoms with Gasteiger partial charge < -0.3 is 10.2 Å². The minimum Gasteiger partial charge on any atom is -0.352 e.